The summed E-state index contributed by atoms with van der Waals surface area (Å²) in [5, 5.41) is 9.36. The second-order valence-electron chi connectivity index (χ2n) is 2.36. The van der Waals surface area contributed by atoms with E-state index >= 15 is 0 Å². The van der Waals surface area contributed by atoms with Gasteiger partial charge in [-0.25, -0.2) is 0 Å². The topological polar surface area (TPSA) is 20.2 Å². The maximum atomic E-state index is 9.36. The number of thioether (sulfide) groups is 1. The van der Waals surface area contributed by atoms with E-state index in [4.69, 9.17) is 0 Å². The van der Waals surface area contributed by atoms with Gasteiger partial charge in [0.25, 0.3) is 0 Å². The molecule has 1 nitrogen and oxygen atoms in total. The molecule has 2 heteroatoms. The van der Waals surface area contributed by atoms with Crippen LogP contribution in [0.1, 0.15) is 11.7 Å². The van der Waals surface area contributed by atoms with Crippen molar-refractivity contribution in [3.63, 3.8) is 0 Å². The first kappa shape index (κ1) is 6.25. The fourth-order valence-corrected chi connectivity index (χ4v) is 2.21. The van der Waals surface area contributed by atoms with E-state index < -0.39 is 0 Å². The van der Waals surface area contributed by atoms with Crippen molar-refractivity contribution in [1.29, 1.82) is 0 Å². The van der Waals surface area contributed by atoms with Crippen molar-refractivity contribution in [3.8, 4) is 0 Å². The van der Waals surface area contributed by atoms with Crippen LogP contribution in [0, 0.1) is 0 Å². The van der Waals surface area contributed by atoms with E-state index in [-0.39, 0.29) is 6.10 Å². The van der Waals surface area contributed by atoms with Gasteiger partial charge in [-0.15, -0.1) is 11.8 Å². The Kier molecular flexibility index (Phi) is 1.43. The molecule has 52 valence electrons. The van der Waals surface area contributed by atoms with Crippen molar-refractivity contribution in [2.75, 3.05) is 5.75 Å². The number of hydrogen-bond donors (Lipinski definition) is 1. The van der Waals surface area contributed by atoms with Crippen LogP contribution in [0.15, 0.2) is 29.2 Å². The number of benzene rings is 1. The van der Waals surface area contributed by atoms with Crippen LogP contribution in [0.2, 0.25) is 0 Å². The molecule has 0 bridgehead atoms. The SMILES string of the molecule is O[C@H]1CSc2ccccc21. The monoisotopic (exact) mass is 152 g/mol. The van der Waals surface area contributed by atoms with Gasteiger partial charge >= 0.3 is 0 Å². The number of hydrogen-bond acceptors (Lipinski definition) is 2. The smallest absolute Gasteiger partial charge is 0.0894 e. The molecule has 0 saturated carbocycles. The standard InChI is InChI=1S/C8H8OS/c9-7-5-10-8-4-2-1-3-6(7)8/h1-4,7,9H,5H2/t7-/m0/s1. The zero-order chi connectivity index (χ0) is 6.97. The highest BCUT2D eigenvalue weighted by Gasteiger charge is 2.19. The lowest BCUT2D eigenvalue weighted by atomic mass is 10.1. The van der Waals surface area contributed by atoms with E-state index in [1.54, 1.807) is 11.8 Å². The van der Waals surface area contributed by atoms with E-state index in [0.29, 0.717) is 0 Å². The summed E-state index contributed by atoms with van der Waals surface area (Å²) in [4.78, 5) is 1.23. The van der Waals surface area contributed by atoms with Crippen LogP contribution in [0.25, 0.3) is 0 Å². The minimum atomic E-state index is -0.235. The average molecular weight is 152 g/mol. The van der Waals surface area contributed by atoms with Crippen molar-refractivity contribution in [3.05, 3.63) is 29.8 Å². The summed E-state index contributed by atoms with van der Waals surface area (Å²) in [6.45, 7) is 0. The Morgan fingerprint density at radius 2 is 2.20 bits per heavy atom. The third kappa shape index (κ3) is 0.842. The second-order valence-corrected chi connectivity index (χ2v) is 3.43. The molecule has 1 aromatic carbocycles. The van der Waals surface area contributed by atoms with Crippen LogP contribution in [0.5, 0.6) is 0 Å². The predicted molar refractivity (Wildman–Crippen MR) is 42.1 cm³/mol. The van der Waals surface area contributed by atoms with Crippen LogP contribution in [-0.4, -0.2) is 10.9 Å². The summed E-state index contributed by atoms with van der Waals surface area (Å²) >= 11 is 1.73. The Balaban J connectivity index is 2.51. The van der Waals surface area contributed by atoms with E-state index in [1.165, 1.54) is 4.90 Å². The van der Waals surface area contributed by atoms with E-state index in [1.807, 2.05) is 18.2 Å². The molecule has 1 aliphatic rings. The third-order valence-electron chi connectivity index (χ3n) is 1.67. The van der Waals surface area contributed by atoms with Gasteiger partial charge in [-0.1, -0.05) is 18.2 Å². The van der Waals surface area contributed by atoms with Gasteiger partial charge in [0, 0.05) is 10.6 Å². The lowest BCUT2D eigenvalue weighted by Crippen LogP contribution is -1.92. The summed E-state index contributed by atoms with van der Waals surface area (Å²) in [7, 11) is 0. The molecule has 1 aromatic rings. The zero-order valence-corrected chi connectivity index (χ0v) is 6.27. The molecule has 0 fully saturated rings. The molecule has 0 radical (unpaired) electrons. The maximum Gasteiger partial charge on any atom is 0.0894 e. The van der Waals surface area contributed by atoms with Crippen LogP contribution in [0.4, 0.5) is 0 Å². The molecule has 0 aliphatic carbocycles. The molecule has 0 amide bonds. The highest BCUT2D eigenvalue weighted by atomic mass is 32.2. The highest BCUT2D eigenvalue weighted by Crippen LogP contribution is 2.37. The molecule has 1 heterocycles. The van der Waals surface area contributed by atoms with Gasteiger partial charge in [0.1, 0.15) is 0 Å². The summed E-state index contributed by atoms with van der Waals surface area (Å²) in [5.41, 5.74) is 1.09. The van der Waals surface area contributed by atoms with Crippen molar-refractivity contribution in [2.24, 2.45) is 0 Å². The number of rotatable bonds is 0. The van der Waals surface area contributed by atoms with Crippen molar-refractivity contribution in [2.45, 2.75) is 11.0 Å². The minimum Gasteiger partial charge on any atom is -0.387 e. The van der Waals surface area contributed by atoms with Gasteiger partial charge in [0.15, 0.2) is 0 Å². The van der Waals surface area contributed by atoms with Crippen LogP contribution >= 0.6 is 11.8 Å². The molecule has 1 aliphatic heterocycles. The Labute approximate surface area is 64.1 Å². The molecular weight excluding hydrogens is 144 g/mol. The van der Waals surface area contributed by atoms with Crippen LogP contribution in [0.3, 0.4) is 0 Å². The molecule has 1 atom stereocenters. The Morgan fingerprint density at radius 1 is 1.40 bits per heavy atom. The van der Waals surface area contributed by atoms with Crippen molar-refractivity contribution in [1.82, 2.24) is 0 Å². The summed E-state index contributed by atoms with van der Waals surface area (Å²) in [6.07, 6.45) is -0.235. The lowest BCUT2D eigenvalue weighted by molar-refractivity contribution is 0.205. The zero-order valence-electron chi connectivity index (χ0n) is 5.45. The van der Waals surface area contributed by atoms with Crippen LogP contribution in [-0.2, 0) is 0 Å². The van der Waals surface area contributed by atoms with Gasteiger partial charge < -0.3 is 5.11 Å². The van der Waals surface area contributed by atoms with E-state index in [9.17, 15) is 5.11 Å². The van der Waals surface area contributed by atoms with Gasteiger partial charge in [-0.05, 0) is 11.6 Å². The van der Waals surface area contributed by atoms with Crippen molar-refractivity contribution >= 4 is 11.8 Å². The van der Waals surface area contributed by atoms with E-state index in [2.05, 4.69) is 6.07 Å². The predicted octanol–water partition coefficient (Wildman–Crippen LogP) is 1.83. The normalized spacial score (nSPS) is 22.7. The Hall–Kier alpha value is -0.470. The first-order valence-electron chi connectivity index (χ1n) is 3.28. The summed E-state index contributed by atoms with van der Waals surface area (Å²) in [5.74, 6) is 0.819. The molecule has 0 unspecified atom stereocenters. The first-order chi connectivity index (χ1) is 4.88. The molecular formula is C8H8OS. The molecule has 2 rings (SSSR count). The number of aliphatic hydroxyl groups excluding tert-OH is 1. The molecule has 0 spiro atoms. The van der Waals surface area contributed by atoms with Gasteiger partial charge in [0.2, 0.25) is 0 Å². The summed E-state index contributed by atoms with van der Waals surface area (Å²) in [6, 6.07) is 8.01. The fraction of sp³-hybridized carbons (Fsp3) is 0.250. The number of aliphatic hydroxyl groups is 1. The van der Waals surface area contributed by atoms with Gasteiger partial charge in [0.05, 0.1) is 6.10 Å². The first-order valence-corrected chi connectivity index (χ1v) is 4.26. The molecule has 1 N–H and O–H groups in total. The number of fused-ring (bicyclic) bond motifs is 1. The van der Waals surface area contributed by atoms with Gasteiger partial charge in [-0.2, -0.15) is 0 Å². The molecule has 0 saturated heterocycles. The Morgan fingerprint density at radius 3 is 3.00 bits per heavy atom. The Bertz CT molecular complexity index is 247. The maximum absolute atomic E-state index is 9.36. The lowest BCUT2D eigenvalue weighted by Gasteiger charge is -1.99. The van der Waals surface area contributed by atoms with Gasteiger partial charge in [-0.3, -0.25) is 0 Å². The second kappa shape index (κ2) is 2.29. The molecule has 10 heavy (non-hydrogen) atoms. The van der Waals surface area contributed by atoms with Crippen LogP contribution < -0.4 is 0 Å². The summed E-state index contributed by atoms with van der Waals surface area (Å²) < 4.78 is 0. The van der Waals surface area contributed by atoms with Crippen molar-refractivity contribution < 1.29 is 5.11 Å². The average Bonchev–Trinajstić information content (AvgIpc) is 2.34. The molecule has 0 aromatic heterocycles. The minimum absolute atomic E-state index is 0.235. The third-order valence-corrected chi connectivity index (χ3v) is 2.84. The quantitative estimate of drug-likeness (QED) is 0.612. The largest absolute Gasteiger partial charge is 0.387 e. The highest BCUT2D eigenvalue weighted by molar-refractivity contribution is 7.99. The fourth-order valence-electron chi connectivity index (χ4n) is 1.15. The van der Waals surface area contributed by atoms with E-state index in [0.717, 1.165) is 11.3 Å².